The number of hydrogen-bond donors (Lipinski definition) is 1. The van der Waals surface area contributed by atoms with Gasteiger partial charge in [-0.25, -0.2) is 0 Å². The molecular weight excluding hydrogens is 304 g/mol. The van der Waals surface area contributed by atoms with Crippen molar-refractivity contribution in [2.45, 2.75) is 31.3 Å². The molecule has 3 nitrogen and oxygen atoms in total. The molecule has 2 fully saturated rings. The number of benzene rings is 1. The second-order valence-electron chi connectivity index (χ2n) is 5.53. The maximum Gasteiger partial charge on any atom is 0.119 e. The van der Waals surface area contributed by atoms with E-state index in [1.807, 2.05) is 24.3 Å². The van der Waals surface area contributed by atoms with Gasteiger partial charge in [-0.3, -0.25) is 4.90 Å². The minimum atomic E-state index is 0.709. The first-order valence-corrected chi connectivity index (χ1v) is 7.96. The van der Waals surface area contributed by atoms with Crippen LogP contribution in [0.5, 0.6) is 5.75 Å². The summed E-state index contributed by atoms with van der Waals surface area (Å²) in [7, 11) is 0. The van der Waals surface area contributed by atoms with E-state index in [4.69, 9.17) is 4.74 Å². The van der Waals surface area contributed by atoms with Crippen LogP contribution in [0.3, 0.4) is 0 Å². The predicted molar refractivity (Wildman–Crippen MR) is 80.6 cm³/mol. The van der Waals surface area contributed by atoms with Crippen molar-refractivity contribution in [2.75, 3.05) is 26.2 Å². The molecule has 4 heteroatoms. The van der Waals surface area contributed by atoms with Crippen molar-refractivity contribution in [1.29, 1.82) is 0 Å². The van der Waals surface area contributed by atoms with Crippen LogP contribution in [0.25, 0.3) is 0 Å². The summed E-state index contributed by atoms with van der Waals surface area (Å²) in [5.74, 6) is 0.956. The Morgan fingerprint density at radius 1 is 1.16 bits per heavy atom. The fourth-order valence-electron chi connectivity index (χ4n) is 3.04. The lowest BCUT2D eigenvalue weighted by Gasteiger charge is -2.23. The quantitative estimate of drug-likeness (QED) is 0.921. The predicted octanol–water partition coefficient (Wildman–Crippen LogP) is 2.65. The summed E-state index contributed by atoms with van der Waals surface area (Å²) in [6.07, 6.45) is 4.00. The summed E-state index contributed by atoms with van der Waals surface area (Å²) in [5.41, 5.74) is 0. The van der Waals surface area contributed by atoms with Crippen LogP contribution in [0.2, 0.25) is 0 Å². The molecule has 0 radical (unpaired) electrons. The molecule has 3 rings (SSSR count). The third kappa shape index (κ3) is 3.71. The van der Waals surface area contributed by atoms with Crippen LogP contribution < -0.4 is 10.1 Å². The van der Waals surface area contributed by atoms with Gasteiger partial charge in [0.2, 0.25) is 0 Å². The Morgan fingerprint density at radius 3 is 2.79 bits per heavy atom. The number of nitrogens with zero attached hydrogens (tertiary/aromatic N) is 1. The van der Waals surface area contributed by atoms with E-state index < -0.39 is 0 Å². The average Bonchev–Trinajstić information content (AvgIpc) is 2.74. The molecule has 0 aromatic heterocycles. The summed E-state index contributed by atoms with van der Waals surface area (Å²) in [6, 6.07) is 9.53. The van der Waals surface area contributed by atoms with E-state index in [1.54, 1.807) is 0 Å². The molecule has 2 bridgehead atoms. The SMILES string of the molecule is Brc1ccc(OCCN2CCC3CCC(C2)N3)cc1. The normalized spacial score (nSPS) is 27.2. The molecule has 2 heterocycles. The van der Waals surface area contributed by atoms with Crippen molar-refractivity contribution >= 4 is 15.9 Å². The topological polar surface area (TPSA) is 24.5 Å². The molecule has 1 N–H and O–H groups in total. The number of fused-ring (bicyclic) bond motifs is 2. The first kappa shape index (κ1) is 13.4. The van der Waals surface area contributed by atoms with E-state index in [0.29, 0.717) is 6.04 Å². The Bertz CT molecular complexity index is 409. The summed E-state index contributed by atoms with van der Waals surface area (Å²) < 4.78 is 6.89. The number of rotatable bonds is 4. The Balaban J connectivity index is 1.43. The zero-order valence-corrected chi connectivity index (χ0v) is 12.7. The third-order valence-electron chi connectivity index (χ3n) is 4.10. The van der Waals surface area contributed by atoms with Crippen LogP contribution in [0.4, 0.5) is 0 Å². The van der Waals surface area contributed by atoms with E-state index in [2.05, 4.69) is 26.1 Å². The van der Waals surface area contributed by atoms with Crippen molar-refractivity contribution < 1.29 is 4.74 Å². The standard InChI is InChI=1S/C15H21BrN2O/c16-12-1-5-15(6-2-12)19-10-9-18-8-7-13-3-4-14(11-18)17-13/h1-2,5-6,13-14,17H,3-4,7-11H2. The maximum absolute atomic E-state index is 5.80. The lowest BCUT2D eigenvalue weighted by atomic mass is 10.1. The van der Waals surface area contributed by atoms with Crippen molar-refractivity contribution in [2.24, 2.45) is 0 Å². The van der Waals surface area contributed by atoms with Crippen LogP contribution in [0.15, 0.2) is 28.7 Å². The minimum Gasteiger partial charge on any atom is -0.492 e. The number of hydrogen-bond acceptors (Lipinski definition) is 3. The lowest BCUT2D eigenvalue weighted by molar-refractivity contribution is 0.201. The number of halogens is 1. The first-order chi connectivity index (χ1) is 9.29. The van der Waals surface area contributed by atoms with Gasteiger partial charge in [-0.15, -0.1) is 0 Å². The first-order valence-electron chi connectivity index (χ1n) is 7.16. The zero-order chi connectivity index (χ0) is 13.1. The molecule has 0 amide bonds. The molecule has 2 atom stereocenters. The Morgan fingerprint density at radius 2 is 1.95 bits per heavy atom. The van der Waals surface area contributed by atoms with Gasteiger partial charge in [0.15, 0.2) is 0 Å². The average molecular weight is 325 g/mol. The Hall–Kier alpha value is -0.580. The van der Waals surface area contributed by atoms with Gasteiger partial charge < -0.3 is 10.1 Å². The number of nitrogens with one attached hydrogen (secondary N) is 1. The van der Waals surface area contributed by atoms with Gasteiger partial charge in [-0.1, -0.05) is 15.9 Å². The van der Waals surface area contributed by atoms with Crippen LogP contribution in [0.1, 0.15) is 19.3 Å². The van der Waals surface area contributed by atoms with E-state index in [1.165, 1.54) is 32.4 Å². The van der Waals surface area contributed by atoms with Crippen molar-refractivity contribution in [1.82, 2.24) is 10.2 Å². The molecule has 104 valence electrons. The van der Waals surface area contributed by atoms with Crippen molar-refractivity contribution in [3.63, 3.8) is 0 Å². The smallest absolute Gasteiger partial charge is 0.119 e. The zero-order valence-electron chi connectivity index (χ0n) is 11.1. The van der Waals surface area contributed by atoms with E-state index >= 15 is 0 Å². The van der Waals surface area contributed by atoms with Crippen LogP contribution in [0, 0.1) is 0 Å². The Labute approximate surface area is 123 Å². The number of ether oxygens (including phenoxy) is 1. The summed E-state index contributed by atoms with van der Waals surface area (Å²) in [5, 5.41) is 3.71. The monoisotopic (exact) mass is 324 g/mol. The summed E-state index contributed by atoms with van der Waals surface area (Å²) in [4.78, 5) is 2.54. The van der Waals surface area contributed by atoms with E-state index in [9.17, 15) is 0 Å². The van der Waals surface area contributed by atoms with E-state index in [0.717, 1.165) is 29.4 Å². The summed E-state index contributed by atoms with van der Waals surface area (Å²) in [6.45, 7) is 4.19. The van der Waals surface area contributed by atoms with Gasteiger partial charge in [0.05, 0.1) is 0 Å². The summed E-state index contributed by atoms with van der Waals surface area (Å²) >= 11 is 3.43. The molecule has 0 saturated carbocycles. The molecule has 19 heavy (non-hydrogen) atoms. The molecule has 0 spiro atoms. The fourth-order valence-corrected chi connectivity index (χ4v) is 3.31. The van der Waals surface area contributed by atoms with Gasteiger partial charge in [0.25, 0.3) is 0 Å². The Kier molecular flexibility index (Phi) is 4.41. The van der Waals surface area contributed by atoms with Crippen molar-refractivity contribution in [3.8, 4) is 5.75 Å². The largest absolute Gasteiger partial charge is 0.492 e. The molecule has 0 aliphatic carbocycles. The lowest BCUT2D eigenvalue weighted by Crippen LogP contribution is -2.37. The molecule has 2 saturated heterocycles. The third-order valence-corrected chi connectivity index (χ3v) is 4.63. The van der Waals surface area contributed by atoms with Gasteiger partial charge >= 0.3 is 0 Å². The molecule has 2 unspecified atom stereocenters. The second-order valence-corrected chi connectivity index (χ2v) is 6.45. The van der Waals surface area contributed by atoms with Crippen LogP contribution in [-0.2, 0) is 0 Å². The van der Waals surface area contributed by atoms with Crippen LogP contribution in [-0.4, -0.2) is 43.2 Å². The molecule has 1 aromatic carbocycles. The van der Waals surface area contributed by atoms with Gasteiger partial charge in [0.1, 0.15) is 12.4 Å². The fraction of sp³-hybridized carbons (Fsp3) is 0.600. The van der Waals surface area contributed by atoms with Crippen molar-refractivity contribution in [3.05, 3.63) is 28.7 Å². The number of likely N-dealkylation sites (tertiary alicyclic amines) is 1. The highest BCUT2D eigenvalue weighted by atomic mass is 79.9. The highest BCUT2D eigenvalue weighted by molar-refractivity contribution is 9.10. The highest BCUT2D eigenvalue weighted by Gasteiger charge is 2.28. The van der Waals surface area contributed by atoms with Gasteiger partial charge in [-0.05, 0) is 50.1 Å². The second kappa shape index (κ2) is 6.25. The maximum atomic E-state index is 5.80. The van der Waals surface area contributed by atoms with Gasteiger partial charge in [0, 0.05) is 29.6 Å². The molecule has 2 aliphatic rings. The minimum absolute atomic E-state index is 0.709. The molecule has 1 aromatic rings. The van der Waals surface area contributed by atoms with E-state index in [-0.39, 0.29) is 0 Å². The van der Waals surface area contributed by atoms with Gasteiger partial charge in [-0.2, -0.15) is 0 Å². The van der Waals surface area contributed by atoms with Crippen LogP contribution >= 0.6 is 15.9 Å². The molecule has 2 aliphatic heterocycles. The molecular formula is C15H21BrN2O. The highest BCUT2D eigenvalue weighted by Crippen LogP contribution is 2.20.